The van der Waals surface area contributed by atoms with E-state index in [1.54, 1.807) is 0 Å². The fourth-order valence-electron chi connectivity index (χ4n) is 2.17. The predicted molar refractivity (Wildman–Crippen MR) is 109 cm³/mol. The van der Waals surface area contributed by atoms with Crippen LogP contribution in [0, 0.1) is 59.2 Å². The van der Waals surface area contributed by atoms with Crippen LogP contribution in [0.1, 0.15) is 65.7 Å². The molecule has 27 heavy (non-hydrogen) atoms. The summed E-state index contributed by atoms with van der Waals surface area (Å²) in [6, 6.07) is 7.54. The van der Waals surface area contributed by atoms with Gasteiger partial charge in [-0.15, -0.1) is 5.38 Å². The molecule has 0 N–H and O–H groups in total. The zero-order valence-corrected chi connectivity index (χ0v) is 18.6. The maximum atomic E-state index is 12.1. The first-order valence-corrected chi connectivity index (χ1v) is 9.70. The average Bonchev–Trinajstić information content (AvgIpc) is 3.01. The number of ether oxygens (including phenoxy) is 1. The van der Waals surface area contributed by atoms with E-state index >= 15 is 0 Å². The number of carbonyl (C=O) groups excluding carboxylic acids is 1. The second-order valence-corrected chi connectivity index (χ2v) is 6.25. The summed E-state index contributed by atoms with van der Waals surface area (Å²) >= 11 is 1.32. The van der Waals surface area contributed by atoms with E-state index in [0.29, 0.717) is 10.6 Å². The minimum atomic E-state index is -0.220. The van der Waals surface area contributed by atoms with Gasteiger partial charge < -0.3 is 9.15 Å². The zero-order chi connectivity index (χ0) is 18.7. The van der Waals surface area contributed by atoms with Crippen molar-refractivity contribution in [3.63, 3.8) is 0 Å². The van der Waals surface area contributed by atoms with E-state index in [1.807, 2.05) is 52.0 Å². The molecule has 2 rings (SSSR count). The van der Waals surface area contributed by atoms with Crippen LogP contribution in [-0.4, -0.2) is 12.1 Å². The Balaban J connectivity index is 0. The maximum Gasteiger partial charge on any atom is 0.310 e. The molecule has 6 heteroatoms. The SMILES string of the molecule is C.CC.CCCCC(C)OC(=O)Cc1ccccc1N=c1oc(C)[c-]s1.[Yb]. The van der Waals surface area contributed by atoms with Crippen LogP contribution in [0.3, 0.4) is 0 Å². The fraction of sp³-hybridized carbons (Fsp3) is 0.524. The van der Waals surface area contributed by atoms with Crippen molar-refractivity contribution in [1.29, 1.82) is 0 Å². The summed E-state index contributed by atoms with van der Waals surface area (Å²) in [4.78, 5) is 17.1. The average molecular weight is 552 g/mol. The summed E-state index contributed by atoms with van der Waals surface area (Å²) in [6.07, 6.45) is 3.23. The van der Waals surface area contributed by atoms with Crippen LogP contribution >= 0.6 is 11.3 Å². The van der Waals surface area contributed by atoms with Crippen LogP contribution in [-0.2, 0) is 16.0 Å². The Kier molecular flexibility index (Phi) is 17.7. The van der Waals surface area contributed by atoms with Crippen molar-refractivity contribution < 1.29 is 60.9 Å². The van der Waals surface area contributed by atoms with Gasteiger partial charge in [0.05, 0.1) is 18.2 Å². The number of hydrogen-bond donors (Lipinski definition) is 0. The molecule has 1 unspecified atom stereocenters. The molecule has 0 spiro atoms. The molecular weight excluding hydrogens is 519 g/mol. The smallest absolute Gasteiger partial charge is 0.310 e. The normalized spacial score (nSPS) is 11.4. The fourth-order valence-corrected chi connectivity index (χ4v) is 2.76. The molecule has 0 aliphatic heterocycles. The van der Waals surface area contributed by atoms with Crippen molar-refractivity contribution in [2.75, 3.05) is 0 Å². The van der Waals surface area contributed by atoms with E-state index in [9.17, 15) is 4.79 Å². The second kappa shape index (κ2) is 16.6. The second-order valence-electron chi connectivity index (χ2n) is 5.49. The summed E-state index contributed by atoms with van der Waals surface area (Å²) in [5.41, 5.74) is 1.56. The monoisotopic (exact) mass is 552 g/mol. The molecule has 1 heterocycles. The molecule has 0 fully saturated rings. The Labute approximate surface area is 206 Å². The van der Waals surface area contributed by atoms with E-state index in [0.717, 1.165) is 30.5 Å². The third kappa shape index (κ3) is 11.3. The summed E-state index contributed by atoms with van der Waals surface area (Å²) in [6.45, 7) is 9.89. The van der Waals surface area contributed by atoms with Crippen LogP contribution < -0.4 is 4.87 Å². The third-order valence-electron chi connectivity index (χ3n) is 3.36. The molecule has 0 radical (unpaired) electrons. The van der Waals surface area contributed by atoms with Crippen molar-refractivity contribution in [3.8, 4) is 0 Å². The van der Waals surface area contributed by atoms with E-state index in [4.69, 9.17) is 9.15 Å². The van der Waals surface area contributed by atoms with Gasteiger partial charge in [-0.2, -0.15) is 0 Å². The number of esters is 1. The number of aryl methyl sites for hydroxylation is 1. The van der Waals surface area contributed by atoms with Crippen molar-refractivity contribution >= 4 is 23.0 Å². The van der Waals surface area contributed by atoms with Gasteiger partial charge in [0.1, 0.15) is 4.87 Å². The molecule has 0 aliphatic rings. The van der Waals surface area contributed by atoms with Crippen LogP contribution in [0.4, 0.5) is 5.69 Å². The Bertz CT molecular complexity index is 709. The van der Waals surface area contributed by atoms with Gasteiger partial charge in [-0.1, -0.05) is 59.2 Å². The molecule has 1 atom stereocenters. The van der Waals surface area contributed by atoms with E-state index in [-0.39, 0.29) is 72.8 Å². The van der Waals surface area contributed by atoms with Gasteiger partial charge in [-0.05, 0) is 37.7 Å². The van der Waals surface area contributed by atoms with E-state index in [1.165, 1.54) is 11.3 Å². The van der Waals surface area contributed by atoms with E-state index < -0.39 is 0 Å². The van der Waals surface area contributed by atoms with Crippen LogP contribution in [0.25, 0.3) is 0 Å². The quantitative estimate of drug-likeness (QED) is 0.313. The molecule has 4 nitrogen and oxygen atoms in total. The molecule has 2 aromatic rings. The molecule has 160 valence electrons. The van der Waals surface area contributed by atoms with Crippen molar-refractivity contribution in [1.82, 2.24) is 0 Å². The predicted octanol–water partition coefficient (Wildman–Crippen LogP) is 6.01. The van der Waals surface area contributed by atoms with Crippen molar-refractivity contribution in [2.45, 2.75) is 73.8 Å². The van der Waals surface area contributed by atoms with Gasteiger partial charge in [-0.25, -0.2) is 0 Å². The number of benzene rings is 1. The Morgan fingerprint density at radius 2 is 2.00 bits per heavy atom. The van der Waals surface area contributed by atoms with Crippen molar-refractivity contribution in [3.05, 3.63) is 45.8 Å². The molecular formula is C21H32NO3SYb-. The van der Waals surface area contributed by atoms with Gasteiger partial charge >= 0.3 is 5.97 Å². The number of hydrogen-bond acceptors (Lipinski definition) is 5. The molecule has 0 amide bonds. The standard InChI is InChI=1S/C18H22NO3S.C2H6.CH4.Yb/c1-4-5-8-13(2)21-17(20)11-15-9-6-7-10-16(15)19-18-22-14(3)12-23-18;1-2;;/h6-7,9-10,13H,4-5,8,11H2,1-3H3;1-2H3;1H4;/q-1;;;. The van der Waals surface area contributed by atoms with Crippen molar-refractivity contribution in [2.24, 2.45) is 4.99 Å². The van der Waals surface area contributed by atoms with E-state index in [2.05, 4.69) is 17.3 Å². The zero-order valence-electron chi connectivity index (χ0n) is 16.1. The molecule has 0 saturated heterocycles. The van der Waals surface area contributed by atoms with Gasteiger partial charge in [0.2, 0.25) is 0 Å². The van der Waals surface area contributed by atoms with Gasteiger partial charge in [0.15, 0.2) is 0 Å². The minimum Gasteiger partial charge on any atom is -0.539 e. The molecule has 1 aromatic heterocycles. The number of rotatable bonds is 7. The Morgan fingerprint density at radius 3 is 2.59 bits per heavy atom. The third-order valence-corrected chi connectivity index (χ3v) is 4.10. The molecule has 0 saturated carbocycles. The van der Waals surface area contributed by atoms with Gasteiger partial charge in [0.25, 0.3) is 0 Å². The van der Waals surface area contributed by atoms with Crippen LogP contribution in [0.5, 0.6) is 0 Å². The maximum absolute atomic E-state index is 12.1. The molecule has 0 aliphatic carbocycles. The largest absolute Gasteiger partial charge is 0.539 e. The number of para-hydroxylation sites is 1. The number of unbranched alkanes of at least 4 members (excludes halogenated alkanes) is 1. The Morgan fingerprint density at radius 1 is 1.33 bits per heavy atom. The van der Waals surface area contributed by atoms with Gasteiger partial charge in [0, 0.05) is 46.9 Å². The summed E-state index contributed by atoms with van der Waals surface area (Å²) in [5, 5.41) is 2.98. The number of carbonyl (C=O) groups is 1. The summed E-state index contributed by atoms with van der Waals surface area (Å²) in [5.74, 6) is 0.484. The molecule has 0 bridgehead atoms. The number of nitrogens with zero attached hydrogens (tertiary/aromatic N) is 1. The van der Waals surface area contributed by atoms with Gasteiger partial charge in [-0.3, -0.25) is 21.1 Å². The first kappa shape index (κ1) is 28.8. The summed E-state index contributed by atoms with van der Waals surface area (Å²) < 4.78 is 10.9. The Hall–Kier alpha value is -0.361. The van der Waals surface area contributed by atoms with Crippen LogP contribution in [0.2, 0.25) is 0 Å². The van der Waals surface area contributed by atoms with Crippen LogP contribution in [0.15, 0.2) is 33.7 Å². The summed E-state index contributed by atoms with van der Waals surface area (Å²) in [7, 11) is 0. The minimum absolute atomic E-state index is 0. The first-order chi connectivity index (χ1) is 12.1. The topological polar surface area (TPSA) is 51.8 Å². The first-order valence-electron chi connectivity index (χ1n) is 8.88. The molecule has 1 aromatic carbocycles.